The van der Waals surface area contributed by atoms with Crippen LogP contribution in [0.2, 0.25) is 0 Å². The molecule has 0 saturated carbocycles. The van der Waals surface area contributed by atoms with Gasteiger partial charge in [-0.15, -0.1) is 0 Å². The lowest BCUT2D eigenvalue weighted by molar-refractivity contribution is -0.0498. The Labute approximate surface area is 187 Å². The third-order valence-corrected chi connectivity index (χ3v) is 7.38. The van der Waals surface area contributed by atoms with Crippen molar-refractivity contribution in [3.63, 3.8) is 0 Å². The number of nitrogens with zero attached hydrogens (tertiary/aromatic N) is 2. The average Bonchev–Trinajstić information content (AvgIpc) is 2.76. The molecular weight excluding hydrogens is 440 g/mol. The number of alkyl halides is 2. The second kappa shape index (κ2) is 10.3. The van der Waals surface area contributed by atoms with E-state index in [1.165, 1.54) is 16.4 Å². The molecule has 0 atom stereocenters. The quantitative estimate of drug-likeness (QED) is 0.679. The van der Waals surface area contributed by atoms with Gasteiger partial charge in [0.25, 0.3) is 0 Å². The summed E-state index contributed by atoms with van der Waals surface area (Å²) in [6.45, 7) is 2.38. The Hall–Kier alpha value is -2.72. The molecule has 1 heterocycles. The van der Waals surface area contributed by atoms with Crippen LogP contribution in [0, 0.1) is 13.8 Å². The summed E-state index contributed by atoms with van der Waals surface area (Å²) in [6.07, 6.45) is 0.530. The van der Waals surface area contributed by atoms with Crippen LogP contribution in [-0.4, -0.2) is 63.0 Å². The summed E-state index contributed by atoms with van der Waals surface area (Å²) < 4.78 is 55.9. The first-order valence-corrected chi connectivity index (χ1v) is 11.7. The number of hydrogen-bond acceptors (Lipinski definition) is 4. The van der Waals surface area contributed by atoms with Gasteiger partial charge in [0.05, 0.1) is 4.90 Å². The highest BCUT2D eigenvalue weighted by atomic mass is 32.2. The Kier molecular flexibility index (Phi) is 7.68. The Morgan fingerprint density at radius 3 is 2.28 bits per heavy atom. The van der Waals surface area contributed by atoms with Crippen LogP contribution in [-0.2, 0) is 16.4 Å². The second-order valence-electron chi connectivity index (χ2n) is 7.64. The van der Waals surface area contributed by atoms with Crippen molar-refractivity contribution in [1.82, 2.24) is 14.5 Å². The molecule has 2 aromatic carbocycles. The molecule has 1 aliphatic rings. The van der Waals surface area contributed by atoms with Gasteiger partial charge in [0.1, 0.15) is 5.75 Å². The summed E-state index contributed by atoms with van der Waals surface area (Å²) in [7, 11) is -3.60. The highest BCUT2D eigenvalue weighted by Crippen LogP contribution is 2.20. The van der Waals surface area contributed by atoms with E-state index >= 15 is 0 Å². The first-order valence-electron chi connectivity index (χ1n) is 10.3. The van der Waals surface area contributed by atoms with Crippen LogP contribution in [0.4, 0.5) is 13.6 Å². The Bertz CT molecular complexity index is 1040. The van der Waals surface area contributed by atoms with Gasteiger partial charge in [-0.2, -0.15) is 13.1 Å². The molecule has 0 radical (unpaired) electrons. The van der Waals surface area contributed by atoms with Crippen molar-refractivity contribution in [3.8, 4) is 5.75 Å². The van der Waals surface area contributed by atoms with Crippen LogP contribution in [0.3, 0.4) is 0 Å². The Balaban J connectivity index is 1.46. The normalized spacial score (nSPS) is 15.1. The summed E-state index contributed by atoms with van der Waals surface area (Å²) in [5.74, 6) is 0.0846. The Morgan fingerprint density at radius 1 is 1.03 bits per heavy atom. The second-order valence-corrected chi connectivity index (χ2v) is 9.58. The van der Waals surface area contributed by atoms with E-state index in [4.69, 9.17) is 0 Å². The molecule has 1 N–H and O–H groups in total. The number of aryl methyl sites for hydroxylation is 2. The number of halogens is 2. The molecule has 2 aromatic rings. The maximum Gasteiger partial charge on any atom is 0.387 e. The number of carbonyl (C=O) groups is 1. The van der Waals surface area contributed by atoms with Gasteiger partial charge in [-0.25, -0.2) is 13.2 Å². The monoisotopic (exact) mass is 467 g/mol. The number of benzene rings is 2. The van der Waals surface area contributed by atoms with Crippen LogP contribution < -0.4 is 10.1 Å². The summed E-state index contributed by atoms with van der Waals surface area (Å²) in [5, 5.41) is 2.81. The zero-order valence-electron chi connectivity index (χ0n) is 18.1. The number of hydrogen-bond donors (Lipinski definition) is 1. The molecule has 0 aromatic heterocycles. The molecule has 0 spiro atoms. The van der Waals surface area contributed by atoms with Crippen molar-refractivity contribution in [3.05, 3.63) is 59.2 Å². The Morgan fingerprint density at radius 2 is 1.69 bits per heavy atom. The van der Waals surface area contributed by atoms with Gasteiger partial charge in [0, 0.05) is 32.7 Å². The SMILES string of the molecule is Cc1ccc(S(=O)(=O)N2CCN(C(=O)NCCc3ccc(OC(F)F)cc3)CC2)cc1C. The smallest absolute Gasteiger partial charge is 0.387 e. The van der Waals surface area contributed by atoms with Gasteiger partial charge in [-0.05, 0) is 61.2 Å². The summed E-state index contributed by atoms with van der Waals surface area (Å²) in [4.78, 5) is 14.3. The zero-order chi connectivity index (χ0) is 23.3. The van der Waals surface area contributed by atoms with Crippen molar-refractivity contribution in [2.24, 2.45) is 0 Å². The molecule has 0 bridgehead atoms. The predicted octanol–water partition coefficient (Wildman–Crippen LogP) is 3.16. The van der Waals surface area contributed by atoms with Crippen molar-refractivity contribution in [2.45, 2.75) is 31.8 Å². The van der Waals surface area contributed by atoms with Gasteiger partial charge in [0.2, 0.25) is 10.0 Å². The number of ether oxygens (including phenoxy) is 1. The number of piperazine rings is 1. The van der Waals surface area contributed by atoms with E-state index in [1.807, 2.05) is 13.8 Å². The van der Waals surface area contributed by atoms with E-state index < -0.39 is 16.6 Å². The number of sulfonamides is 1. The minimum Gasteiger partial charge on any atom is -0.435 e. The number of urea groups is 1. The number of nitrogens with one attached hydrogen (secondary N) is 1. The predicted molar refractivity (Wildman–Crippen MR) is 116 cm³/mol. The van der Waals surface area contributed by atoms with Crippen LogP contribution in [0.1, 0.15) is 16.7 Å². The topological polar surface area (TPSA) is 79.0 Å². The maximum absolute atomic E-state index is 12.9. The van der Waals surface area contributed by atoms with Gasteiger partial charge >= 0.3 is 12.6 Å². The minimum absolute atomic E-state index is 0.0846. The van der Waals surface area contributed by atoms with E-state index in [2.05, 4.69) is 10.1 Å². The molecule has 2 amide bonds. The lowest BCUT2D eigenvalue weighted by Gasteiger charge is -2.34. The fraction of sp³-hybridized carbons (Fsp3) is 0.409. The summed E-state index contributed by atoms with van der Waals surface area (Å²) in [6, 6.07) is 11.1. The van der Waals surface area contributed by atoms with E-state index in [0.29, 0.717) is 26.1 Å². The van der Waals surface area contributed by atoms with E-state index in [0.717, 1.165) is 16.7 Å². The van der Waals surface area contributed by atoms with Gasteiger partial charge in [0.15, 0.2) is 0 Å². The molecule has 0 aliphatic carbocycles. The van der Waals surface area contributed by atoms with Gasteiger partial charge in [-0.1, -0.05) is 18.2 Å². The van der Waals surface area contributed by atoms with Crippen molar-refractivity contribution < 1.29 is 26.7 Å². The van der Waals surface area contributed by atoms with E-state index in [9.17, 15) is 22.0 Å². The first kappa shape index (κ1) is 23.9. The molecule has 1 aliphatic heterocycles. The van der Waals surface area contributed by atoms with Crippen molar-refractivity contribution >= 4 is 16.1 Å². The largest absolute Gasteiger partial charge is 0.435 e. The van der Waals surface area contributed by atoms with Gasteiger partial charge in [-0.3, -0.25) is 0 Å². The molecule has 32 heavy (non-hydrogen) atoms. The summed E-state index contributed by atoms with van der Waals surface area (Å²) in [5.41, 5.74) is 2.82. The molecule has 3 rings (SSSR count). The fourth-order valence-electron chi connectivity index (χ4n) is 3.42. The van der Waals surface area contributed by atoms with E-state index in [-0.39, 0.29) is 29.8 Å². The molecule has 174 valence electrons. The number of rotatable bonds is 7. The van der Waals surface area contributed by atoms with Crippen LogP contribution in [0.15, 0.2) is 47.4 Å². The number of amides is 2. The lowest BCUT2D eigenvalue weighted by Crippen LogP contribution is -2.53. The van der Waals surface area contributed by atoms with Crippen LogP contribution in [0.5, 0.6) is 5.75 Å². The van der Waals surface area contributed by atoms with Crippen LogP contribution in [0.25, 0.3) is 0 Å². The minimum atomic E-state index is -3.60. The highest BCUT2D eigenvalue weighted by molar-refractivity contribution is 7.89. The van der Waals surface area contributed by atoms with Crippen LogP contribution >= 0.6 is 0 Å². The zero-order valence-corrected chi connectivity index (χ0v) is 18.9. The average molecular weight is 468 g/mol. The molecular formula is C22H27F2N3O4S. The standard InChI is InChI=1S/C22H27F2N3O4S/c1-16-3-8-20(15-17(16)2)32(29,30)27-13-11-26(12-14-27)22(28)25-10-9-18-4-6-19(7-5-18)31-21(23)24/h3-8,15,21H,9-14H2,1-2H3,(H,25,28). The molecule has 1 fully saturated rings. The third kappa shape index (κ3) is 5.95. The first-order chi connectivity index (χ1) is 15.2. The van der Waals surface area contributed by atoms with E-state index in [1.54, 1.807) is 35.2 Å². The maximum atomic E-state index is 12.9. The number of carbonyl (C=O) groups excluding carboxylic acids is 1. The van der Waals surface area contributed by atoms with Crippen molar-refractivity contribution in [2.75, 3.05) is 32.7 Å². The lowest BCUT2D eigenvalue weighted by atomic mass is 10.1. The van der Waals surface area contributed by atoms with Crippen molar-refractivity contribution in [1.29, 1.82) is 0 Å². The molecule has 1 saturated heterocycles. The summed E-state index contributed by atoms with van der Waals surface area (Å²) >= 11 is 0. The molecule has 7 nitrogen and oxygen atoms in total. The fourth-order valence-corrected chi connectivity index (χ4v) is 4.93. The molecule has 0 unspecified atom stereocenters. The third-order valence-electron chi connectivity index (χ3n) is 5.48. The van der Waals surface area contributed by atoms with Gasteiger partial charge < -0.3 is 15.0 Å². The highest BCUT2D eigenvalue weighted by Gasteiger charge is 2.30. The molecule has 10 heteroatoms.